The van der Waals surface area contributed by atoms with Gasteiger partial charge in [0.25, 0.3) is 0 Å². The number of aliphatic hydroxyl groups is 1. The van der Waals surface area contributed by atoms with E-state index in [0.717, 1.165) is 33.0 Å². The van der Waals surface area contributed by atoms with Crippen molar-refractivity contribution in [3.8, 4) is 11.1 Å². The minimum Gasteiger partial charge on any atom is -0.395 e. The van der Waals surface area contributed by atoms with Gasteiger partial charge in [-0.3, -0.25) is 0 Å². The smallest absolute Gasteiger partial charge is 0.183 e. The maximum atomic E-state index is 12.1. The van der Waals surface area contributed by atoms with Gasteiger partial charge in [0, 0.05) is 6.54 Å². The molecule has 0 unspecified atom stereocenters. The summed E-state index contributed by atoms with van der Waals surface area (Å²) in [4.78, 5) is 4.73. The number of hydrogen-bond donors (Lipinski definition) is 2. The number of benzene rings is 2. The van der Waals surface area contributed by atoms with E-state index >= 15 is 0 Å². The van der Waals surface area contributed by atoms with Gasteiger partial charge >= 0.3 is 0 Å². The van der Waals surface area contributed by atoms with Crippen LogP contribution in [0.15, 0.2) is 47.4 Å². The van der Waals surface area contributed by atoms with Gasteiger partial charge < -0.3 is 10.4 Å². The highest BCUT2D eigenvalue weighted by Gasteiger charge is 2.14. The first-order chi connectivity index (χ1) is 11.5. The molecule has 2 aromatic carbocycles. The molecule has 0 saturated carbocycles. The van der Waals surface area contributed by atoms with Gasteiger partial charge in [-0.05, 0) is 42.3 Å². The van der Waals surface area contributed by atoms with Crippen LogP contribution in [0.2, 0.25) is 0 Å². The molecule has 2 N–H and O–H groups in total. The van der Waals surface area contributed by atoms with Crippen LogP contribution in [0.1, 0.15) is 6.92 Å². The first-order valence-electron chi connectivity index (χ1n) is 7.62. The standard InChI is InChI=1S/C17H18N2O3S2/c1-2-18-17-19-15-7-6-13(11-16(15)23-17)12-4-3-5-14(10-12)24(21,22)9-8-20/h3-7,10-11,20H,2,8-9H2,1H3,(H,18,19). The molecule has 3 rings (SSSR count). The third kappa shape index (κ3) is 3.43. The second-order valence-electron chi connectivity index (χ2n) is 5.30. The third-order valence-corrected chi connectivity index (χ3v) is 6.27. The maximum Gasteiger partial charge on any atom is 0.183 e. The molecule has 0 bridgehead atoms. The Morgan fingerprint density at radius 1 is 1.17 bits per heavy atom. The number of nitrogens with zero attached hydrogens (tertiary/aromatic N) is 1. The highest BCUT2D eigenvalue weighted by atomic mass is 32.2. The normalized spacial score (nSPS) is 11.8. The highest BCUT2D eigenvalue weighted by molar-refractivity contribution is 7.91. The van der Waals surface area contributed by atoms with Crippen LogP contribution in [0.3, 0.4) is 0 Å². The lowest BCUT2D eigenvalue weighted by molar-refractivity contribution is 0.319. The fraction of sp³-hybridized carbons (Fsp3) is 0.235. The lowest BCUT2D eigenvalue weighted by Crippen LogP contribution is -2.09. The van der Waals surface area contributed by atoms with Crippen LogP contribution in [0.25, 0.3) is 21.3 Å². The molecule has 0 spiro atoms. The predicted molar refractivity (Wildman–Crippen MR) is 98.4 cm³/mol. The van der Waals surface area contributed by atoms with Gasteiger partial charge in [0.15, 0.2) is 15.0 Å². The average Bonchev–Trinajstić information content (AvgIpc) is 2.97. The summed E-state index contributed by atoms with van der Waals surface area (Å²) < 4.78 is 25.3. The minimum absolute atomic E-state index is 0.229. The molecule has 0 aliphatic rings. The molecular formula is C17H18N2O3S2. The van der Waals surface area contributed by atoms with Crippen LogP contribution in [0.4, 0.5) is 5.13 Å². The molecule has 3 aromatic rings. The average molecular weight is 362 g/mol. The lowest BCUT2D eigenvalue weighted by atomic mass is 10.1. The van der Waals surface area contributed by atoms with Gasteiger partial charge in [0.2, 0.25) is 0 Å². The van der Waals surface area contributed by atoms with Crippen LogP contribution < -0.4 is 5.32 Å². The monoisotopic (exact) mass is 362 g/mol. The highest BCUT2D eigenvalue weighted by Crippen LogP contribution is 2.31. The Labute approximate surface area is 144 Å². The summed E-state index contributed by atoms with van der Waals surface area (Å²) in [7, 11) is -3.46. The first kappa shape index (κ1) is 16.9. The second-order valence-corrected chi connectivity index (χ2v) is 8.44. The molecule has 126 valence electrons. The van der Waals surface area contributed by atoms with Crippen LogP contribution in [0, 0.1) is 0 Å². The van der Waals surface area contributed by atoms with Crippen LogP contribution in [0.5, 0.6) is 0 Å². The molecule has 5 nitrogen and oxygen atoms in total. The number of anilines is 1. The molecule has 1 heterocycles. The van der Waals surface area contributed by atoms with Crippen molar-refractivity contribution in [2.24, 2.45) is 0 Å². The van der Waals surface area contributed by atoms with E-state index < -0.39 is 9.84 Å². The summed E-state index contributed by atoms with van der Waals surface area (Å²) in [6.45, 7) is 2.46. The Morgan fingerprint density at radius 3 is 2.71 bits per heavy atom. The number of nitrogens with one attached hydrogen (secondary N) is 1. The fourth-order valence-corrected chi connectivity index (χ4v) is 4.48. The summed E-state index contributed by atoms with van der Waals surface area (Å²) in [6, 6.07) is 12.7. The van der Waals surface area contributed by atoms with Crippen LogP contribution in [-0.4, -0.2) is 37.4 Å². The van der Waals surface area contributed by atoms with Crippen molar-refractivity contribution in [1.82, 2.24) is 4.98 Å². The zero-order valence-corrected chi connectivity index (χ0v) is 14.8. The molecule has 0 amide bonds. The molecule has 7 heteroatoms. The van der Waals surface area contributed by atoms with Crippen molar-refractivity contribution in [3.63, 3.8) is 0 Å². The molecule has 1 aromatic heterocycles. The zero-order chi connectivity index (χ0) is 17.2. The number of fused-ring (bicyclic) bond motifs is 1. The summed E-state index contributed by atoms with van der Waals surface area (Å²) in [5.74, 6) is -0.267. The molecule has 0 aliphatic carbocycles. The molecule has 0 atom stereocenters. The van der Waals surface area contributed by atoms with Gasteiger partial charge in [-0.1, -0.05) is 29.5 Å². The van der Waals surface area contributed by atoms with E-state index in [-0.39, 0.29) is 17.3 Å². The number of hydrogen-bond acceptors (Lipinski definition) is 6. The van der Waals surface area contributed by atoms with E-state index in [0.29, 0.717) is 0 Å². The molecule has 0 aliphatic heterocycles. The van der Waals surface area contributed by atoms with E-state index in [4.69, 9.17) is 5.11 Å². The van der Waals surface area contributed by atoms with E-state index in [2.05, 4.69) is 10.3 Å². The molecule has 24 heavy (non-hydrogen) atoms. The van der Waals surface area contributed by atoms with Gasteiger partial charge in [-0.15, -0.1) is 0 Å². The van der Waals surface area contributed by atoms with Crippen molar-refractivity contribution in [2.45, 2.75) is 11.8 Å². The summed E-state index contributed by atoms with van der Waals surface area (Å²) in [6.07, 6.45) is 0. The Hall–Kier alpha value is -1.96. The number of aromatic nitrogens is 1. The van der Waals surface area contributed by atoms with Crippen molar-refractivity contribution >= 4 is 36.5 Å². The van der Waals surface area contributed by atoms with Crippen molar-refractivity contribution in [1.29, 1.82) is 0 Å². The summed E-state index contributed by atoms with van der Waals surface area (Å²) in [5, 5.41) is 13.0. The topological polar surface area (TPSA) is 79.3 Å². The Morgan fingerprint density at radius 2 is 1.96 bits per heavy atom. The predicted octanol–water partition coefficient (Wildman–Crippen LogP) is 3.16. The quantitative estimate of drug-likeness (QED) is 0.704. The fourth-order valence-electron chi connectivity index (χ4n) is 2.44. The van der Waals surface area contributed by atoms with Gasteiger partial charge in [0.1, 0.15) is 0 Å². The van der Waals surface area contributed by atoms with Crippen molar-refractivity contribution in [2.75, 3.05) is 24.2 Å². The van der Waals surface area contributed by atoms with E-state index in [1.165, 1.54) is 0 Å². The Bertz CT molecular complexity index is 965. The number of thiazole rings is 1. The molecular weight excluding hydrogens is 344 g/mol. The van der Waals surface area contributed by atoms with E-state index in [1.807, 2.05) is 31.2 Å². The largest absolute Gasteiger partial charge is 0.395 e. The Kier molecular flexibility index (Phi) is 4.84. The SMILES string of the molecule is CCNc1nc2ccc(-c3cccc(S(=O)(=O)CCO)c3)cc2s1. The Balaban J connectivity index is 2.01. The first-order valence-corrected chi connectivity index (χ1v) is 10.1. The van der Waals surface area contributed by atoms with Gasteiger partial charge in [0.05, 0.1) is 27.5 Å². The second kappa shape index (κ2) is 6.88. The summed E-state index contributed by atoms with van der Waals surface area (Å²) >= 11 is 1.58. The molecule has 0 saturated heterocycles. The van der Waals surface area contributed by atoms with Gasteiger partial charge in [-0.25, -0.2) is 13.4 Å². The van der Waals surface area contributed by atoms with Crippen molar-refractivity contribution in [3.05, 3.63) is 42.5 Å². The molecule has 0 fully saturated rings. The van der Waals surface area contributed by atoms with Crippen LogP contribution in [-0.2, 0) is 9.84 Å². The lowest BCUT2D eigenvalue weighted by Gasteiger charge is -2.06. The van der Waals surface area contributed by atoms with Gasteiger partial charge in [-0.2, -0.15) is 0 Å². The minimum atomic E-state index is -3.46. The molecule has 0 radical (unpaired) electrons. The van der Waals surface area contributed by atoms with E-state index in [1.54, 1.807) is 29.5 Å². The number of aliphatic hydroxyl groups excluding tert-OH is 1. The van der Waals surface area contributed by atoms with E-state index in [9.17, 15) is 8.42 Å². The number of rotatable bonds is 6. The third-order valence-electron chi connectivity index (χ3n) is 3.60. The summed E-state index contributed by atoms with van der Waals surface area (Å²) in [5.41, 5.74) is 2.69. The van der Waals surface area contributed by atoms with Crippen LogP contribution >= 0.6 is 11.3 Å². The number of sulfone groups is 1. The zero-order valence-electron chi connectivity index (χ0n) is 13.2. The van der Waals surface area contributed by atoms with Crippen molar-refractivity contribution < 1.29 is 13.5 Å². The maximum absolute atomic E-state index is 12.1.